The maximum atomic E-state index is 12.9. The van der Waals surface area contributed by atoms with Crippen molar-refractivity contribution in [2.75, 3.05) is 47.5 Å². The molecule has 0 bridgehead atoms. The monoisotopic (exact) mass is 1240 g/mol. The molecule has 0 rings (SSSR count). The third kappa shape index (κ3) is 70.5. The molecule has 0 aliphatic rings. The van der Waals surface area contributed by atoms with Gasteiger partial charge in [-0.15, -0.1) is 0 Å². The normalized spacial score (nSPS) is 13.6. The molecule has 0 N–H and O–H groups in total. The van der Waals surface area contributed by atoms with Crippen molar-refractivity contribution < 1.29 is 42.9 Å². The molecule has 89 heavy (non-hydrogen) atoms. The molecule has 0 amide bonds. The minimum atomic E-state index is -1.64. The van der Waals surface area contributed by atoms with Gasteiger partial charge in [0.25, 0.3) is 0 Å². The Kier molecular flexibility index (Phi) is 65.3. The summed E-state index contributed by atoms with van der Waals surface area (Å²) < 4.78 is 22.8. The lowest BCUT2D eigenvalue weighted by molar-refractivity contribution is -0.870. The van der Waals surface area contributed by atoms with E-state index in [0.29, 0.717) is 17.4 Å². The number of ether oxygens (including phenoxy) is 4. The zero-order chi connectivity index (χ0) is 64.7. The molecule has 2 unspecified atom stereocenters. The average molecular weight is 1240 g/mol. The molecule has 0 radical (unpaired) electrons. The van der Waals surface area contributed by atoms with Gasteiger partial charge in [-0.1, -0.05) is 295 Å². The van der Waals surface area contributed by atoms with Crippen LogP contribution in [0.4, 0.5) is 0 Å². The highest BCUT2D eigenvalue weighted by molar-refractivity contribution is 5.70. The first-order chi connectivity index (χ1) is 43.6. The standard InChI is InChI=1S/C80H133NO8/c1-6-8-10-12-14-16-18-20-22-24-26-28-30-32-34-36-38-39-41-42-44-46-48-50-52-54-56-58-60-62-64-66-68-70-77(82)87-74-76(75-88-80(79(84)85)86-73-72-81(3,4)5)89-78(83)71-69-67-65-63-61-59-57-55-53-51-49-47-45-43-40-37-35-33-31-29-27-25-23-21-19-17-15-13-11-9-7-2/h9,11,15,17-18,20-21,23-24,26-27,29-30,32-33,35,40,43,47,49,53,55,59,61,76,80H,6-8,10,12-14,16,19,22,25,28,31,34,36-39,41-42,44-46,48,50-52,54,56-58,60,62-75H2,1-5H3/b11-9-,17-15-,20-18-,23-21-,26-24-,29-27-,32-30-,35-33-,43-40-,49-47-,55-53-,61-59-. The second-order valence-electron chi connectivity index (χ2n) is 24.8. The summed E-state index contributed by atoms with van der Waals surface area (Å²) in [6.07, 6.45) is 97.9. The summed E-state index contributed by atoms with van der Waals surface area (Å²) in [5, 5.41) is 11.8. The highest BCUT2D eigenvalue weighted by atomic mass is 16.7. The van der Waals surface area contributed by atoms with E-state index < -0.39 is 24.3 Å². The van der Waals surface area contributed by atoms with Gasteiger partial charge in [-0.25, -0.2) is 0 Å². The largest absolute Gasteiger partial charge is 0.545 e. The van der Waals surface area contributed by atoms with Gasteiger partial charge in [0.15, 0.2) is 12.4 Å². The number of carboxylic acid groups (broad SMARTS) is 1. The van der Waals surface area contributed by atoms with E-state index in [4.69, 9.17) is 18.9 Å². The smallest absolute Gasteiger partial charge is 0.306 e. The molecule has 0 saturated carbocycles. The van der Waals surface area contributed by atoms with Crippen LogP contribution in [0.3, 0.4) is 0 Å². The number of aliphatic carboxylic acids is 1. The van der Waals surface area contributed by atoms with E-state index in [1.54, 1.807) is 0 Å². The number of unbranched alkanes of at least 4 members (excludes halogenated alkanes) is 26. The number of rotatable bonds is 65. The van der Waals surface area contributed by atoms with Gasteiger partial charge in [-0.05, 0) is 122 Å². The van der Waals surface area contributed by atoms with Crippen LogP contribution in [0, 0.1) is 0 Å². The number of allylic oxidation sites excluding steroid dienone is 24. The summed E-state index contributed by atoms with van der Waals surface area (Å²) >= 11 is 0. The number of carbonyl (C=O) groups is 3. The molecule has 0 aliphatic heterocycles. The molecular formula is C80H133NO8. The topological polar surface area (TPSA) is 111 Å². The van der Waals surface area contributed by atoms with Crippen LogP contribution in [0.1, 0.15) is 284 Å². The van der Waals surface area contributed by atoms with Crippen LogP contribution in [0.5, 0.6) is 0 Å². The molecule has 2 atom stereocenters. The maximum absolute atomic E-state index is 12.9. The van der Waals surface area contributed by atoms with E-state index in [1.807, 2.05) is 21.1 Å². The summed E-state index contributed by atoms with van der Waals surface area (Å²) in [5.74, 6) is -2.33. The first kappa shape index (κ1) is 84.2. The minimum absolute atomic E-state index is 0.134. The molecule has 0 aromatic rings. The van der Waals surface area contributed by atoms with Gasteiger partial charge in [0, 0.05) is 12.8 Å². The van der Waals surface area contributed by atoms with Gasteiger partial charge >= 0.3 is 11.9 Å². The third-order valence-electron chi connectivity index (χ3n) is 15.1. The molecule has 0 spiro atoms. The average Bonchev–Trinajstić information content (AvgIpc) is 3.64. The Labute approximate surface area is 547 Å². The second-order valence-corrected chi connectivity index (χ2v) is 24.8. The van der Waals surface area contributed by atoms with Crippen LogP contribution in [0.2, 0.25) is 0 Å². The van der Waals surface area contributed by atoms with Gasteiger partial charge in [0.05, 0.1) is 40.3 Å². The van der Waals surface area contributed by atoms with Crippen molar-refractivity contribution in [1.29, 1.82) is 0 Å². The van der Waals surface area contributed by atoms with Crippen molar-refractivity contribution in [2.45, 2.75) is 296 Å². The summed E-state index contributed by atoms with van der Waals surface area (Å²) in [6, 6.07) is 0. The number of likely N-dealkylation sites (N-methyl/N-ethyl adjacent to an activating group) is 1. The van der Waals surface area contributed by atoms with Crippen LogP contribution < -0.4 is 5.11 Å². The fraction of sp³-hybridized carbons (Fsp3) is 0.662. The third-order valence-corrected chi connectivity index (χ3v) is 15.1. The molecular weight excluding hydrogens is 1100 g/mol. The Hall–Kier alpha value is -4.83. The first-order valence-electron chi connectivity index (χ1n) is 36.0. The molecule has 9 heteroatoms. The van der Waals surface area contributed by atoms with Crippen LogP contribution in [0.25, 0.3) is 0 Å². The lowest BCUT2D eigenvalue weighted by Gasteiger charge is -2.26. The number of quaternary nitrogens is 1. The van der Waals surface area contributed by atoms with Gasteiger partial charge in [-0.3, -0.25) is 9.59 Å². The molecule has 0 heterocycles. The van der Waals surface area contributed by atoms with Crippen LogP contribution in [-0.4, -0.2) is 82.3 Å². The molecule has 506 valence electrons. The second kappa shape index (κ2) is 69.1. The Morgan fingerprint density at radius 3 is 0.966 bits per heavy atom. The fourth-order valence-corrected chi connectivity index (χ4v) is 9.60. The predicted molar refractivity (Wildman–Crippen MR) is 379 cm³/mol. The maximum Gasteiger partial charge on any atom is 0.306 e. The quantitative estimate of drug-likeness (QED) is 0.0195. The van der Waals surface area contributed by atoms with E-state index in [2.05, 4.69) is 160 Å². The summed E-state index contributed by atoms with van der Waals surface area (Å²) in [7, 11) is 5.91. The zero-order valence-electron chi connectivity index (χ0n) is 57.8. The number of hydrogen-bond acceptors (Lipinski definition) is 8. The van der Waals surface area contributed by atoms with Crippen molar-refractivity contribution in [1.82, 2.24) is 0 Å². The van der Waals surface area contributed by atoms with Gasteiger partial charge in [0.1, 0.15) is 13.2 Å². The predicted octanol–water partition coefficient (Wildman–Crippen LogP) is 21.4. The lowest BCUT2D eigenvalue weighted by atomic mass is 10.0. The summed E-state index contributed by atoms with van der Waals surface area (Å²) in [4.78, 5) is 37.5. The van der Waals surface area contributed by atoms with E-state index in [1.165, 1.54) is 141 Å². The van der Waals surface area contributed by atoms with Crippen LogP contribution in [-0.2, 0) is 33.3 Å². The molecule has 0 saturated heterocycles. The number of carbonyl (C=O) groups excluding carboxylic acids is 3. The Morgan fingerprint density at radius 1 is 0.348 bits per heavy atom. The summed E-state index contributed by atoms with van der Waals surface area (Å²) in [6.45, 7) is 4.59. The highest BCUT2D eigenvalue weighted by Gasteiger charge is 2.22. The van der Waals surface area contributed by atoms with E-state index in [9.17, 15) is 19.5 Å². The fourth-order valence-electron chi connectivity index (χ4n) is 9.60. The first-order valence-corrected chi connectivity index (χ1v) is 36.0. The van der Waals surface area contributed by atoms with Crippen molar-refractivity contribution in [3.8, 4) is 0 Å². The molecule has 9 nitrogen and oxygen atoms in total. The number of hydrogen-bond donors (Lipinski definition) is 0. The summed E-state index contributed by atoms with van der Waals surface area (Å²) in [5.41, 5.74) is 0. The Morgan fingerprint density at radius 2 is 0.640 bits per heavy atom. The highest BCUT2D eigenvalue weighted by Crippen LogP contribution is 2.17. The Balaban J connectivity index is 4.20. The van der Waals surface area contributed by atoms with Gasteiger partial charge < -0.3 is 33.3 Å². The Bertz CT molecular complexity index is 1970. The van der Waals surface area contributed by atoms with Gasteiger partial charge in [0.2, 0.25) is 0 Å². The van der Waals surface area contributed by atoms with Crippen molar-refractivity contribution >= 4 is 17.9 Å². The lowest BCUT2D eigenvalue weighted by Crippen LogP contribution is -2.44. The van der Waals surface area contributed by atoms with E-state index in [0.717, 1.165) is 109 Å². The number of nitrogens with zero attached hydrogens (tertiary/aromatic N) is 1. The van der Waals surface area contributed by atoms with E-state index >= 15 is 0 Å². The van der Waals surface area contributed by atoms with Gasteiger partial charge in [-0.2, -0.15) is 0 Å². The van der Waals surface area contributed by atoms with Crippen LogP contribution >= 0.6 is 0 Å². The SMILES string of the molecule is CC/C=C\C/C=C\C/C=C\C/C=C\C/C=C\C/C=C\C/C=C\C/C=C\C/C=C\CCCCCC(=O)OC(COC(=O)CCCCCCCCCCCCCCCCCCCC/C=C\C/C=C\C/C=C\CCCCCCC)COC(OCC[N+](C)(C)C)C(=O)[O-]. The van der Waals surface area contributed by atoms with Crippen molar-refractivity contribution in [3.05, 3.63) is 146 Å². The van der Waals surface area contributed by atoms with E-state index in [-0.39, 0.29) is 38.6 Å². The zero-order valence-corrected chi connectivity index (χ0v) is 57.8. The van der Waals surface area contributed by atoms with Crippen molar-refractivity contribution in [3.63, 3.8) is 0 Å². The molecule has 0 aromatic heterocycles. The number of esters is 2. The van der Waals surface area contributed by atoms with Crippen LogP contribution in [0.15, 0.2) is 146 Å². The van der Waals surface area contributed by atoms with Crippen molar-refractivity contribution in [2.24, 2.45) is 0 Å². The number of carboxylic acids is 1. The molecule has 0 aliphatic carbocycles. The molecule has 0 fully saturated rings. The molecule has 0 aromatic carbocycles. The minimum Gasteiger partial charge on any atom is -0.545 e.